The third-order valence-corrected chi connectivity index (χ3v) is 12.3. The minimum absolute atomic E-state index is 0.147. The number of hydrogen-bond donors (Lipinski definition) is 0. The first-order chi connectivity index (χ1) is 29.0. The Bertz CT molecular complexity index is 3230. The molecule has 0 N–H and O–H groups in total. The Hall–Kier alpha value is -7.42. The SMILES string of the molecule is CC1(C)c2cc3ccccc3cc2-c2cccc(-c3cccc(-c4ccc(-c5cc(-c6ccccc6-c6ccccc6)nc(-c6ccccc6)n5)c5ccccc45)c3)c21. The van der Waals surface area contributed by atoms with Crippen molar-refractivity contribution < 1.29 is 0 Å². The summed E-state index contributed by atoms with van der Waals surface area (Å²) in [6.45, 7) is 4.77. The molecular weight excluding hydrogens is 713 g/mol. The predicted molar refractivity (Wildman–Crippen MR) is 247 cm³/mol. The zero-order chi connectivity index (χ0) is 39.5. The highest BCUT2D eigenvalue weighted by Crippen LogP contribution is 2.53. The molecule has 0 unspecified atom stereocenters. The Morgan fingerprint density at radius 3 is 1.58 bits per heavy atom. The van der Waals surface area contributed by atoms with Gasteiger partial charge >= 0.3 is 0 Å². The fraction of sp³-hybridized carbons (Fsp3) is 0.0526. The second kappa shape index (κ2) is 13.9. The quantitative estimate of drug-likeness (QED) is 0.169. The van der Waals surface area contributed by atoms with Gasteiger partial charge in [0.1, 0.15) is 0 Å². The van der Waals surface area contributed by atoms with Crippen molar-refractivity contribution in [3.05, 3.63) is 217 Å². The van der Waals surface area contributed by atoms with Gasteiger partial charge in [0, 0.05) is 22.1 Å². The smallest absolute Gasteiger partial charge is 0.160 e. The average Bonchev–Trinajstić information content (AvgIpc) is 3.53. The van der Waals surface area contributed by atoms with Gasteiger partial charge in [-0.2, -0.15) is 0 Å². The molecule has 59 heavy (non-hydrogen) atoms. The standard InChI is InChI=1S/C57H40N2/c1-57(2)52-35-40-22-10-9-21-39(40)34-51(52)50-30-16-29-45(55(50)57)42-24-15-23-41(33-42)44-31-32-49(47-27-13-12-26-46(44)47)54-36-53(58-56(59-54)38-19-7-4-8-20-38)48-28-14-11-25-43(48)37-17-5-3-6-18-37/h3-36H,1-2H3. The van der Waals surface area contributed by atoms with Crippen molar-refractivity contribution >= 4 is 21.5 Å². The van der Waals surface area contributed by atoms with Crippen molar-refractivity contribution in [2.75, 3.05) is 0 Å². The van der Waals surface area contributed by atoms with Crippen LogP contribution in [-0.2, 0) is 5.41 Å². The molecule has 278 valence electrons. The third-order valence-electron chi connectivity index (χ3n) is 12.3. The van der Waals surface area contributed by atoms with E-state index in [0.717, 1.165) is 44.6 Å². The Labute approximate surface area is 345 Å². The van der Waals surface area contributed by atoms with E-state index < -0.39 is 0 Å². The lowest BCUT2D eigenvalue weighted by Crippen LogP contribution is -2.16. The first-order valence-electron chi connectivity index (χ1n) is 20.4. The molecule has 0 spiro atoms. The van der Waals surface area contributed by atoms with Crippen molar-refractivity contribution in [2.24, 2.45) is 0 Å². The van der Waals surface area contributed by atoms with Crippen molar-refractivity contribution in [2.45, 2.75) is 19.3 Å². The van der Waals surface area contributed by atoms with Gasteiger partial charge in [0.2, 0.25) is 0 Å². The molecule has 0 fully saturated rings. The molecule has 0 aliphatic heterocycles. The van der Waals surface area contributed by atoms with E-state index in [4.69, 9.17) is 9.97 Å². The largest absolute Gasteiger partial charge is 0.228 e. The molecule has 1 aliphatic rings. The highest BCUT2D eigenvalue weighted by molar-refractivity contribution is 6.05. The fourth-order valence-electron chi connectivity index (χ4n) is 9.45. The van der Waals surface area contributed by atoms with Crippen LogP contribution in [0.4, 0.5) is 0 Å². The third kappa shape index (κ3) is 5.87. The van der Waals surface area contributed by atoms with E-state index in [2.05, 4.69) is 202 Å². The Kier molecular flexibility index (Phi) is 8.20. The van der Waals surface area contributed by atoms with Crippen LogP contribution in [0, 0.1) is 0 Å². The van der Waals surface area contributed by atoms with E-state index in [9.17, 15) is 0 Å². The summed E-state index contributed by atoms with van der Waals surface area (Å²) in [5.41, 5.74) is 17.4. The Morgan fingerprint density at radius 2 is 0.831 bits per heavy atom. The normalized spacial score (nSPS) is 12.7. The van der Waals surface area contributed by atoms with Crippen molar-refractivity contribution in [3.8, 4) is 78.4 Å². The molecule has 10 aromatic rings. The van der Waals surface area contributed by atoms with Crippen molar-refractivity contribution in [1.82, 2.24) is 9.97 Å². The summed E-state index contributed by atoms with van der Waals surface area (Å²) in [4.78, 5) is 10.5. The molecule has 1 aliphatic carbocycles. The van der Waals surface area contributed by atoms with E-state index in [1.54, 1.807) is 0 Å². The highest BCUT2D eigenvalue weighted by Gasteiger charge is 2.37. The molecule has 2 nitrogen and oxygen atoms in total. The van der Waals surface area contributed by atoms with Crippen LogP contribution in [0.2, 0.25) is 0 Å². The fourth-order valence-corrected chi connectivity index (χ4v) is 9.45. The highest BCUT2D eigenvalue weighted by atomic mass is 14.9. The maximum atomic E-state index is 5.28. The second-order valence-electron chi connectivity index (χ2n) is 16.1. The maximum Gasteiger partial charge on any atom is 0.160 e. The maximum absolute atomic E-state index is 5.28. The van der Waals surface area contributed by atoms with Gasteiger partial charge in [-0.3, -0.25) is 0 Å². The molecule has 0 bridgehead atoms. The molecule has 1 heterocycles. The van der Waals surface area contributed by atoms with Crippen LogP contribution in [0.1, 0.15) is 25.0 Å². The topological polar surface area (TPSA) is 25.8 Å². The summed E-state index contributed by atoms with van der Waals surface area (Å²) in [6, 6.07) is 74.3. The zero-order valence-corrected chi connectivity index (χ0v) is 33.0. The van der Waals surface area contributed by atoms with Gasteiger partial charge in [-0.1, -0.05) is 196 Å². The van der Waals surface area contributed by atoms with E-state index >= 15 is 0 Å². The van der Waals surface area contributed by atoms with Crippen LogP contribution in [0.5, 0.6) is 0 Å². The molecule has 0 saturated heterocycles. The van der Waals surface area contributed by atoms with Gasteiger partial charge in [0.25, 0.3) is 0 Å². The van der Waals surface area contributed by atoms with E-state index in [1.807, 2.05) is 18.2 Å². The lowest BCUT2D eigenvalue weighted by molar-refractivity contribution is 0.663. The number of hydrogen-bond acceptors (Lipinski definition) is 2. The summed E-state index contributed by atoms with van der Waals surface area (Å²) in [5, 5.41) is 4.91. The number of nitrogens with zero attached hydrogens (tertiary/aromatic N) is 2. The molecule has 0 radical (unpaired) electrons. The first kappa shape index (κ1) is 34.8. The van der Waals surface area contributed by atoms with Gasteiger partial charge in [-0.15, -0.1) is 0 Å². The monoisotopic (exact) mass is 752 g/mol. The lowest BCUT2D eigenvalue weighted by Gasteiger charge is -2.25. The first-order valence-corrected chi connectivity index (χ1v) is 20.4. The van der Waals surface area contributed by atoms with Crippen LogP contribution in [0.25, 0.3) is 100.0 Å². The minimum Gasteiger partial charge on any atom is -0.228 e. The van der Waals surface area contributed by atoms with E-state index in [-0.39, 0.29) is 5.41 Å². The molecule has 0 amide bonds. The van der Waals surface area contributed by atoms with Gasteiger partial charge in [0.15, 0.2) is 5.82 Å². The molecule has 1 aromatic heterocycles. The summed E-state index contributed by atoms with van der Waals surface area (Å²) in [7, 11) is 0. The zero-order valence-electron chi connectivity index (χ0n) is 33.0. The molecular formula is C57H40N2. The Morgan fingerprint density at radius 1 is 0.322 bits per heavy atom. The van der Waals surface area contributed by atoms with Gasteiger partial charge in [-0.25, -0.2) is 9.97 Å². The minimum atomic E-state index is -0.147. The molecule has 2 heteroatoms. The van der Waals surface area contributed by atoms with Crippen LogP contribution < -0.4 is 0 Å². The van der Waals surface area contributed by atoms with Gasteiger partial charge in [0.05, 0.1) is 11.4 Å². The average molecular weight is 753 g/mol. The number of aromatic nitrogens is 2. The van der Waals surface area contributed by atoms with Gasteiger partial charge < -0.3 is 0 Å². The second-order valence-corrected chi connectivity index (χ2v) is 16.1. The molecule has 0 saturated carbocycles. The number of benzene rings is 9. The van der Waals surface area contributed by atoms with Gasteiger partial charge in [-0.05, 0) is 101 Å². The number of rotatable bonds is 6. The van der Waals surface area contributed by atoms with E-state index in [1.165, 1.54) is 60.7 Å². The summed E-state index contributed by atoms with van der Waals surface area (Å²) in [6.07, 6.45) is 0. The Balaban J connectivity index is 1.05. The number of fused-ring (bicyclic) bond motifs is 5. The van der Waals surface area contributed by atoms with Crippen LogP contribution in [0.3, 0.4) is 0 Å². The van der Waals surface area contributed by atoms with E-state index in [0.29, 0.717) is 5.82 Å². The molecule has 0 atom stereocenters. The molecule has 11 rings (SSSR count). The van der Waals surface area contributed by atoms with Crippen LogP contribution >= 0.6 is 0 Å². The lowest BCUT2D eigenvalue weighted by atomic mass is 9.78. The van der Waals surface area contributed by atoms with Crippen molar-refractivity contribution in [3.63, 3.8) is 0 Å². The van der Waals surface area contributed by atoms with Crippen LogP contribution in [0.15, 0.2) is 206 Å². The van der Waals surface area contributed by atoms with Crippen LogP contribution in [-0.4, -0.2) is 9.97 Å². The summed E-state index contributed by atoms with van der Waals surface area (Å²) < 4.78 is 0. The summed E-state index contributed by atoms with van der Waals surface area (Å²) >= 11 is 0. The van der Waals surface area contributed by atoms with Crippen molar-refractivity contribution in [1.29, 1.82) is 0 Å². The molecule has 9 aromatic carbocycles. The predicted octanol–water partition coefficient (Wildman–Crippen LogP) is 15.1. The summed E-state index contributed by atoms with van der Waals surface area (Å²) in [5.74, 6) is 0.704.